The fraction of sp³-hybridized carbons (Fsp3) is 0.308. The molecule has 0 aliphatic carbocycles. The summed E-state index contributed by atoms with van der Waals surface area (Å²) < 4.78 is 5.77. The Morgan fingerprint density at radius 2 is 2.16 bits per heavy atom. The van der Waals surface area contributed by atoms with Gasteiger partial charge in [0.05, 0.1) is 12.8 Å². The third kappa shape index (κ3) is 2.63. The molecule has 1 fully saturated rings. The third-order valence-corrected chi connectivity index (χ3v) is 3.12. The molecule has 0 saturated carbocycles. The maximum absolute atomic E-state index is 11.2. The Hall–Kier alpha value is -2.21. The molecule has 3 rings (SSSR count). The van der Waals surface area contributed by atoms with E-state index in [1.54, 1.807) is 6.20 Å². The van der Waals surface area contributed by atoms with E-state index in [0.717, 1.165) is 5.56 Å². The number of ether oxygens (including phenoxy) is 1. The summed E-state index contributed by atoms with van der Waals surface area (Å²) in [5.74, 6) is 0.591. The van der Waals surface area contributed by atoms with Crippen molar-refractivity contribution in [1.82, 2.24) is 15.2 Å². The van der Waals surface area contributed by atoms with Gasteiger partial charge >= 0.3 is 5.69 Å². The number of nitrogens with one attached hydrogen (secondary N) is 1. The number of hydrogen-bond donors (Lipinski definition) is 1. The SMILES string of the molecule is O=c1nc(N2CCOC(c3ccccc3)C2)cn[nH]1. The van der Waals surface area contributed by atoms with Gasteiger partial charge in [-0.2, -0.15) is 10.1 Å². The second-order valence-electron chi connectivity index (χ2n) is 4.36. The maximum atomic E-state index is 11.2. The van der Waals surface area contributed by atoms with Crippen LogP contribution in [-0.4, -0.2) is 34.9 Å². The number of aromatic nitrogens is 3. The fourth-order valence-corrected chi connectivity index (χ4v) is 2.18. The Balaban J connectivity index is 1.80. The minimum atomic E-state index is -0.430. The number of aromatic amines is 1. The summed E-state index contributed by atoms with van der Waals surface area (Å²) in [6, 6.07) is 10.0. The Morgan fingerprint density at radius 1 is 1.32 bits per heavy atom. The van der Waals surface area contributed by atoms with Crippen molar-refractivity contribution in [3.8, 4) is 0 Å². The third-order valence-electron chi connectivity index (χ3n) is 3.12. The van der Waals surface area contributed by atoms with Gasteiger partial charge in [-0.3, -0.25) is 0 Å². The highest BCUT2D eigenvalue weighted by Crippen LogP contribution is 2.23. The van der Waals surface area contributed by atoms with Crippen LogP contribution in [0.2, 0.25) is 0 Å². The van der Waals surface area contributed by atoms with Crippen LogP contribution in [0.4, 0.5) is 5.82 Å². The second-order valence-corrected chi connectivity index (χ2v) is 4.36. The van der Waals surface area contributed by atoms with Crippen molar-refractivity contribution in [1.29, 1.82) is 0 Å². The number of anilines is 1. The highest BCUT2D eigenvalue weighted by molar-refractivity contribution is 5.36. The van der Waals surface area contributed by atoms with Gasteiger partial charge in [0.2, 0.25) is 0 Å². The summed E-state index contributed by atoms with van der Waals surface area (Å²) in [7, 11) is 0. The average Bonchev–Trinajstić information content (AvgIpc) is 2.48. The van der Waals surface area contributed by atoms with Gasteiger partial charge in [-0.25, -0.2) is 9.89 Å². The van der Waals surface area contributed by atoms with Crippen molar-refractivity contribution >= 4 is 5.82 Å². The Labute approximate surface area is 110 Å². The smallest absolute Gasteiger partial charge is 0.363 e. The standard InChI is InChI=1S/C13H14N4O2/c18-13-15-12(8-14-16-13)17-6-7-19-11(9-17)10-4-2-1-3-5-10/h1-5,8,11H,6-7,9H2,(H,15,16,18). The van der Waals surface area contributed by atoms with Crippen molar-refractivity contribution in [2.24, 2.45) is 0 Å². The van der Waals surface area contributed by atoms with E-state index in [-0.39, 0.29) is 6.10 Å². The van der Waals surface area contributed by atoms with Gasteiger partial charge in [0.1, 0.15) is 6.10 Å². The first-order valence-electron chi connectivity index (χ1n) is 6.16. The molecule has 2 aromatic rings. The number of morpholine rings is 1. The lowest BCUT2D eigenvalue weighted by Crippen LogP contribution is -2.39. The first-order valence-corrected chi connectivity index (χ1v) is 6.16. The molecule has 6 nitrogen and oxygen atoms in total. The molecule has 1 aliphatic heterocycles. The molecule has 19 heavy (non-hydrogen) atoms. The van der Waals surface area contributed by atoms with Crippen LogP contribution in [-0.2, 0) is 4.74 Å². The van der Waals surface area contributed by atoms with Crippen molar-refractivity contribution in [3.05, 3.63) is 52.6 Å². The molecule has 1 atom stereocenters. The topological polar surface area (TPSA) is 71.1 Å². The fourth-order valence-electron chi connectivity index (χ4n) is 2.18. The molecule has 1 aromatic heterocycles. The summed E-state index contributed by atoms with van der Waals surface area (Å²) in [6.45, 7) is 1.98. The average molecular weight is 258 g/mol. The Bertz CT molecular complexity index is 599. The Kier molecular flexibility index (Phi) is 3.24. The predicted octanol–water partition coefficient (Wildman–Crippen LogP) is 0.743. The van der Waals surface area contributed by atoms with Gasteiger partial charge < -0.3 is 9.64 Å². The van der Waals surface area contributed by atoms with E-state index in [0.29, 0.717) is 25.5 Å². The summed E-state index contributed by atoms with van der Waals surface area (Å²) in [5.41, 5.74) is 0.699. The number of hydrogen-bond acceptors (Lipinski definition) is 5. The number of benzene rings is 1. The van der Waals surface area contributed by atoms with E-state index in [2.05, 4.69) is 15.2 Å². The van der Waals surface area contributed by atoms with Gasteiger partial charge in [0.25, 0.3) is 0 Å². The molecule has 98 valence electrons. The van der Waals surface area contributed by atoms with Crippen molar-refractivity contribution < 1.29 is 4.74 Å². The summed E-state index contributed by atoms with van der Waals surface area (Å²) in [4.78, 5) is 17.1. The predicted molar refractivity (Wildman–Crippen MR) is 70.0 cm³/mol. The first kappa shape index (κ1) is 11.9. The van der Waals surface area contributed by atoms with Crippen molar-refractivity contribution in [3.63, 3.8) is 0 Å². The molecular formula is C13H14N4O2. The van der Waals surface area contributed by atoms with Crippen LogP contribution in [0.1, 0.15) is 11.7 Å². The monoisotopic (exact) mass is 258 g/mol. The van der Waals surface area contributed by atoms with Crippen LogP contribution in [0.15, 0.2) is 41.3 Å². The van der Waals surface area contributed by atoms with Crippen LogP contribution in [0, 0.1) is 0 Å². The van der Waals surface area contributed by atoms with E-state index in [1.807, 2.05) is 35.2 Å². The molecule has 6 heteroatoms. The van der Waals surface area contributed by atoms with Gasteiger partial charge in [0, 0.05) is 13.1 Å². The van der Waals surface area contributed by atoms with E-state index < -0.39 is 5.69 Å². The molecule has 0 amide bonds. The highest BCUT2D eigenvalue weighted by Gasteiger charge is 2.23. The van der Waals surface area contributed by atoms with Gasteiger partial charge in [-0.15, -0.1) is 0 Å². The minimum absolute atomic E-state index is 0.00367. The van der Waals surface area contributed by atoms with Crippen LogP contribution in [0.5, 0.6) is 0 Å². The molecule has 0 radical (unpaired) electrons. The molecule has 1 aliphatic rings. The molecule has 1 aromatic carbocycles. The minimum Gasteiger partial charge on any atom is -0.370 e. The molecular weight excluding hydrogens is 244 g/mol. The zero-order valence-electron chi connectivity index (χ0n) is 10.3. The zero-order valence-corrected chi connectivity index (χ0v) is 10.3. The largest absolute Gasteiger partial charge is 0.370 e. The van der Waals surface area contributed by atoms with Crippen LogP contribution in [0.25, 0.3) is 0 Å². The summed E-state index contributed by atoms with van der Waals surface area (Å²) >= 11 is 0. The molecule has 1 saturated heterocycles. The molecule has 0 bridgehead atoms. The summed E-state index contributed by atoms with van der Waals surface area (Å²) in [5, 5.41) is 6.05. The van der Waals surface area contributed by atoms with E-state index in [1.165, 1.54) is 0 Å². The maximum Gasteiger partial charge on any atom is 0.363 e. The molecule has 2 heterocycles. The van der Waals surface area contributed by atoms with E-state index in [4.69, 9.17) is 4.74 Å². The Morgan fingerprint density at radius 3 is 2.95 bits per heavy atom. The highest BCUT2D eigenvalue weighted by atomic mass is 16.5. The second kappa shape index (κ2) is 5.19. The normalized spacial score (nSPS) is 19.4. The van der Waals surface area contributed by atoms with Crippen LogP contribution in [0.3, 0.4) is 0 Å². The van der Waals surface area contributed by atoms with Crippen molar-refractivity contribution in [2.75, 3.05) is 24.6 Å². The number of nitrogens with zero attached hydrogens (tertiary/aromatic N) is 3. The quantitative estimate of drug-likeness (QED) is 0.860. The van der Waals surface area contributed by atoms with E-state index in [9.17, 15) is 4.79 Å². The number of rotatable bonds is 2. The first-order chi connectivity index (χ1) is 9.33. The lowest BCUT2D eigenvalue weighted by atomic mass is 10.1. The lowest BCUT2D eigenvalue weighted by molar-refractivity contribution is 0.0395. The molecule has 1 unspecified atom stereocenters. The van der Waals surface area contributed by atoms with Gasteiger partial charge in [-0.1, -0.05) is 30.3 Å². The molecule has 1 N–H and O–H groups in total. The van der Waals surface area contributed by atoms with Crippen molar-refractivity contribution in [2.45, 2.75) is 6.10 Å². The summed E-state index contributed by atoms with van der Waals surface area (Å²) in [6.07, 6.45) is 1.56. The number of H-pyrrole nitrogens is 1. The van der Waals surface area contributed by atoms with Gasteiger partial charge in [-0.05, 0) is 5.56 Å². The van der Waals surface area contributed by atoms with E-state index >= 15 is 0 Å². The zero-order chi connectivity index (χ0) is 13.1. The van der Waals surface area contributed by atoms with Crippen LogP contribution < -0.4 is 10.6 Å². The van der Waals surface area contributed by atoms with Gasteiger partial charge in [0.15, 0.2) is 5.82 Å². The lowest BCUT2D eigenvalue weighted by Gasteiger charge is -2.33. The molecule has 0 spiro atoms. The van der Waals surface area contributed by atoms with Crippen LogP contribution >= 0.6 is 0 Å².